The number of urea groups is 1. The van der Waals surface area contributed by atoms with Crippen LogP contribution < -0.4 is 10.2 Å². The Kier molecular flexibility index (Phi) is 5.51. The predicted octanol–water partition coefficient (Wildman–Crippen LogP) is 5.14. The maximum Gasteiger partial charge on any atom is 0.326 e. The van der Waals surface area contributed by atoms with Gasteiger partial charge in [0.05, 0.1) is 11.4 Å². The van der Waals surface area contributed by atoms with E-state index in [1.165, 1.54) is 0 Å². The lowest BCUT2D eigenvalue weighted by Gasteiger charge is -2.31. The second kappa shape index (κ2) is 7.79. The highest BCUT2D eigenvalue weighted by Gasteiger charge is 2.27. The molecule has 0 bridgehead atoms. The van der Waals surface area contributed by atoms with Gasteiger partial charge in [-0.2, -0.15) is 11.8 Å². The molecule has 0 aliphatic carbocycles. The summed E-state index contributed by atoms with van der Waals surface area (Å²) < 4.78 is 0. The monoisotopic (exact) mass is 344 g/mol. The van der Waals surface area contributed by atoms with Crippen LogP contribution >= 0.6 is 23.5 Å². The molecule has 0 saturated heterocycles. The SMILES string of the molecule is CCSCCCNC(=O)N1c2ccccc2Sc2ccccc21. The molecule has 3 rings (SSSR count). The lowest BCUT2D eigenvalue weighted by molar-refractivity contribution is 0.248. The van der Waals surface area contributed by atoms with Crippen molar-refractivity contribution in [2.24, 2.45) is 0 Å². The molecular weight excluding hydrogens is 324 g/mol. The molecule has 23 heavy (non-hydrogen) atoms. The average Bonchev–Trinajstić information content (AvgIpc) is 2.59. The van der Waals surface area contributed by atoms with E-state index in [-0.39, 0.29) is 6.03 Å². The van der Waals surface area contributed by atoms with Gasteiger partial charge < -0.3 is 5.32 Å². The Morgan fingerprint density at radius 2 is 1.70 bits per heavy atom. The van der Waals surface area contributed by atoms with E-state index in [0.717, 1.165) is 39.1 Å². The highest BCUT2D eigenvalue weighted by Crippen LogP contribution is 2.47. The van der Waals surface area contributed by atoms with E-state index >= 15 is 0 Å². The van der Waals surface area contributed by atoms with Gasteiger partial charge in [0.25, 0.3) is 0 Å². The second-order valence-electron chi connectivity index (χ2n) is 5.16. The third kappa shape index (κ3) is 3.67. The van der Waals surface area contributed by atoms with Crippen LogP contribution in [0.3, 0.4) is 0 Å². The van der Waals surface area contributed by atoms with E-state index in [2.05, 4.69) is 24.4 Å². The molecule has 5 heteroatoms. The summed E-state index contributed by atoms with van der Waals surface area (Å²) in [6, 6.07) is 16.1. The molecule has 0 atom stereocenters. The zero-order chi connectivity index (χ0) is 16.1. The Bertz CT molecular complexity index is 645. The summed E-state index contributed by atoms with van der Waals surface area (Å²) in [4.78, 5) is 16.8. The standard InChI is InChI=1S/C18H20N2OS2/c1-2-22-13-7-12-19-18(21)20-14-8-3-5-10-16(14)23-17-11-6-4-9-15(17)20/h3-6,8-11H,2,7,12-13H2,1H3,(H,19,21). The minimum atomic E-state index is -0.0494. The lowest BCUT2D eigenvalue weighted by atomic mass is 10.2. The fourth-order valence-corrected chi connectivity index (χ4v) is 4.21. The number of rotatable bonds is 5. The summed E-state index contributed by atoms with van der Waals surface area (Å²) in [6.45, 7) is 2.86. The van der Waals surface area contributed by atoms with Gasteiger partial charge in [-0.3, -0.25) is 4.90 Å². The van der Waals surface area contributed by atoms with Crippen LogP contribution in [0.2, 0.25) is 0 Å². The van der Waals surface area contributed by atoms with E-state index in [1.807, 2.05) is 48.2 Å². The summed E-state index contributed by atoms with van der Waals surface area (Å²) in [7, 11) is 0. The Morgan fingerprint density at radius 1 is 1.09 bits per heavy atom. The molecule has 0 radical (unpaired) electrons. The number of nitrogens with zero attached hydrogens (tertiary/aromatic N) is 1. The summed E-state index contributed by atoms with van der Waals surface area (Å²) in [5.41, 5.74) is 1.91. The van der Waals surface area contributed by atoms with Crippen molar-refractivity contribution in [2.75, 3.05) is 23.0 Å². The highest BCUT2D eigenvalue weighted by molar-refractivity contribution is 7.99. The van der Waals surface area contributed by atoms with Crippen LogP contribution in [-0.4, -0.2) is 24.1 Å². The topological polar surface area (TPSA) is 32.3 Å². The zero-order valence-electron chi connectivity index (χ0n) is 13.1. The van der Waals surface area contributed by atoms with Gasteiger partial charge in [0, 0.05) is 16.3 Å². The summed E-state index contributed by atoms with van der Waals surface area (Å²) >= 11 is 3.62. The first-order valence-corrected chi connectivity index (χ1v) is 9.80. The number of anilines is 2. The van der Waals surface area contributed by atoms with Crippen molar-refractivity contribution >= 4 is 40.9 Å². The van der Waals surface area contributed by atoms with Gasteiger partial charge in [0.15, 0.2) is 0 Å². The molecule has 0 spiro atoms. The van der Waals surface area contributed by atoms with Crippen LogP contribution in [0.5, 0.6) is 0 Å². The molecule has 0 saturated carbocycles. The average molecular weight is 345 g/mol. The predicted molar refractivity (Wildman–Crippen MR) is 100 cm³/mol. The van der Waals surface area contributed by atoms with Crippen molar-refractivity contribution in [3.63, 3.8) is 0 Å². The molecule has 0 fully saturated rings. The minimum Gasteiger partial charge on any atom is -0.337 e. The molecule has 1 N–H and O–H groups in total. The number of carbonyl (C=O) groups is 1. The smallest absolute Gasteiger partial charge is 0.326 e. The van der Waals surface area contributed by atoms with Gasteiger partial charge in [-0.1, -0.05) is 43.0 Å². The first-order valence-electron chi connectivity index (χ1n) is 7.83. The van der Waals surface area contributed by atoms with E-state index < -0.39 is 0 Å². The fraction of sp³-hybridized carbons (Fsp3) is 0.278. The van der Waals surface area contributed by atoms with Gasteiger partial charge in [0.1, 0.15) is 0 Å². The molecule has 2 amide bonds. The van der Waals surface area contributed by atoms with Crippen LogP contribution in [0.25, 0.3) is 0 Å². The van der Waals surface area contributed by atoms with Crippen LogP contribution in [-0.2, 0) is 0 Å². The number of benzene rings is 2. The third-order valence-corrected chi connectivity index (χ3v) is 5.70. The number of hydrogen-bond acceptors (Lipinski definition) is 3. The second-order valence-corrected chi connectivity index (χ2v) is 7.63. The maximum atomic E-state index is 12.8. The molecular formula is C18H20N2OS2. The molecule has 2 aromatic carbocycles. The van der Waals surface area contributed by atoms with E-state index in [1.54, 1.807) is 16.7 Å². The van der Waals surface area contributed by atoms with Crippen molar-refractivity contribution in [3.8, 4) is 0 Å². The number of para-hydroxylation sites is 2. The summed E-state index contributed by atoms with van der Waals surface area (Å²) in [5.74, 6) is 2.21. The highest BCUT2D eigenvalue weighted by atomic mass is 32.2. The van der Waals surface area contributed by atoms with Gasteiger partial charge >= 0.3 is 6.03 Å². The Balaban J connectivity index is 1.79. The van der Waals surface area contributed by atoms with E-state index in [9.17, 15) is 4.79 Å². The normalized spacial score (nSPS) is 12.5. The van der Waals surface area contributed by atoms with Crippen LogP contribution in [0.15, 0.2) is 58.3 Å². The number of amides is 2. The number of hydrogen-bond donors (Lipinski definition) is 1. The van der Waals surface area contributed by atoms with Crippen LogP contribution in [0.4, 0.5) is 16.2 Å². The molecule has 3 nitrogen and oxygen atoms in total. The fourth-order valence-electron chi connectivity index (χ4n) is 2.52. The molecule has 2 aromatic rings. The molecule has 0 unspecified atom stereocenters. The maximum absolute atomic E-state index is 12.8. The third-order valence-electron chi connectivity index (χ3n) is 3.58. The summed E-state index contributed by atoms with van der Waals surface area (Å²) in [6.07, 6.45) is 0.996. The molecule has 1 aliphatic heterocycles. The van der Waals surface area contributed by atoms with Crippen molar-refractivity contribution in [1.82, 2.24) is 5.32 Å². The van der Waals surface area contributed by atoms with Crippen LogP contribution in [0.1, 0.15) is 13.3 Å². The van der Waals surface area contributed by atoms with Gasteiger partial charge in [-0.25, -0.2) is 4.79 Å². The van der Waals surface area contributed by atoms with E-state index in [4.69, 9.17) is 0 Å². The molecule has 120 valence electrons. The van der Waals surface area contributed by atoms with Gasteiger partial charge in [0.2, 0.25) is 0 Å². The van der Waals surface area contributed by atoms with Crippen molar-refractivity contribution in [3.05, 3.63) is 48.5 Å². The van der Waals surface area contributed by atoms with Crippen LogP contribution in [0, 0.1) is 0 Å². The van der Waals surface area contributed by atoms with Crippen molar-refractivity contribution < 1.29 is 4.79 Å². The Morgan fingerprint density at radius 3 is 2.30 bits per heavy atom. The zero-order valence-corrected chi connectivity index (χ0v) is 14.8. The number of carbonyl (C=O) groups excluding carboxylic acids is 1. The van der Waals surface area contributed by atoms with Gasteiger partial charge in [-0.05, 0) is 42.2 Å². The number of thioether (sulfide) groups is 1. The molecule has 1 aliphatic rings. The van der Waals surface area contributed by atoms with Crippen molar-refractivity contribution in [2.45, 2.75) is 23.1 Å². The first kappa shape index (κ1) is 16.3. The Labute approximate surface area is 145 Å². The quantitative estimate of drug-likeness (QED) is 0.762. The number of nitrogens with one attached hydrogen (secondary N) is 1. The van der Waals surface area contributed by atoms with E-state index in [0.29, 0.717) is 6.54 Å². The Hall–Kier alpha value is -1.59. The number of fused-ring (bicyclic) bond motifs is 2. The minimum absolute atomic E-state index is 0.0494. The van der Waals surface area contributed by atoms with Gasteiger partial charge in [-0.15, -0.1) is 0 Å². The molecule has 1 heterocycles. The molecule has 0 aromatic heterocycles. The van der Waals surface area contributed by atoms with Crippen molar-refractivity contribution in [1.29, 1.82) is 0 Å². The summed E-state index contributed by atoms with van der Waals surface area (Å²) in [5, 5.41) is 3.06. The largest absolute Gasteiger partial charge is 0.337 e. The lowest BCUT2D eigenvalue weighted by Crippen LogP contribution is -2.38. The first-order chi connectivity index (χ1) is 11.3.